The molecule has 0 aromatic heterocycles. The van der Waals surface area contributed by atoms with Gasteiger partial charge in [-0.15, -0.1) is 0 Å². The molecule has 0 saturated heterocycles. The molecule has 0 fully saturated rings. The second kappa shape index (κ2) is 24.6. The number of ether oxygens (including phenoxy) is 5. The van der Waals surface area contributed by atoms with Crippen molar-refractivity contribution >= 4 is 0 Å². The quantitative estimate of drug-likeness (QED) is 0.269. The van der Waals surface area contributed by atoms with Crippen LogP contribution in [0, 0.1) is 0 Å². The van der Waals surface area contributed by atoms with Crippen molar-refractivity contribution in [3.63, 3.8) is 0 Å². The van der Waals surface area contributed by atoms with E-state index in [-0.39, 0.29) is 12.3 Å². The highest BCUT2D eigenvalue weighted by Gasteiger charge is 1.92. The summed E-state index contributed by atoms with van der Waals surface area (Å²) in [6.07, 6.45) is 0. The van der Waals surface area contributed by atoms with Gasteiger partial charge in [0.15, 0.2) is 0 Å². The van der Waals surface area contributed by atoms with Gasteiger partial charge in [0.25, 0.3) is 0 Å². The number of rotatable bonds is 16. The van der Waals surface area contributed by atoms with E-state index in [1.807, 2.05) is 0 Å². The minimum absolute atomic E-state index is 0. The topological polar surface area (TPSA) is 168 Å². The molecule has 0 aliphatic carbocycles. The van der Waals surface area contributed by atoms with Crippen molar-refractivity contribution in [3.8, 4) is 0 Å². The SMILES string of the molecule is N.N.NCCOCCOCCOCCOCCOCCN. The van der Waals surface area contributed by atoms with Crippen LogP contribution in [0.25, 0.3) is 0 Å². The fourth-order valence-electron chi connectivity index (χ4n) is 1.15. The Morgan fingerprint density at radius 1 is 0.381 bits per heavy atom. The van der Waals surface area contributed by atoms with Crippen molar-refractivity contribution in [1.82, 2.24) is 12.3 Å². The van der Waals surface area contributed by atoms with Crippen LogP contribution >= 0.6 is 0 Å². The van der Waals surface area contributed by atoms with E-state index in [1.165, 1.54) is 0 Å². The molecule has 132 valence electrons. The van der Waals surface area contributed by atoms with Crippen LogP contribution in [0.3, 0.4) is 0 Å². The fourth-order valence-corrected chi connectivity index (χ4v) is 1.15. The van der Waals surface area contributed by atoms with Gasteiger partial charge in [-0.2, -0.15) is 0 Å². The molecule has 10 N–H and O–H groups in total. The van der Waals surface area contributed by atoms with E-state index in [1.54, 1.807) is 0 Å². The zero-order chi connectivity index (χ0) is 14.0. The van der Waals surface area contributed by atoms with Crippen molar-refractivity contribution in [2.45, 2.75) is 0 Å². The molecule has 9 nitrogen and oxygen atoms in total. The zero-order valence-corrected chi connectivity index (χ0v) is 13.1. The van der Waals surface area contributed by atoms with Gasteiger partial charge < -0.3 is 47.5 Å². The predicted octanol–water partition coefficient (Wildman–Crippen LogP) is -0.689. The molecule has 0 heterocycles. The summed E-state index contributed by atoms with van der Waals surface area (Å²) in [4.78, 5) is 0. The highest BCUT2D eigenvalue weighted by atomic mass is 16.6. The van der Waals surface area contributed by atoms with Gasteiger partial charge in [-0.1, -0.05) is 0 Å². The third kappa shape index (κ3) is 25.0. The van der Waals surface area contributed by atoms with Gasteiger partial charge in [0, 0.05) is 13.1 Å². The lowest BCUT2D eigenvalue weighted by Gasteiger charge is -2.07. The van der Waals surface area contributed by atoms with Gasteiger partial charge in [-0.25, -0.2) is 0 Å². The van der Waals surface area contributed by atoms with Gasteiger partial charge in [0.1, 0.15) is 0 Å². The van der Waals surface area contributed by atoms with Crippen LogP contribution < -0.4 is 23.8 Å². The second-order valence-electron chi connectivity index (χ2n) is 3.64. The van der Waals surface area contributed by atoms with E-state index in [0.717, 1.165) is 0 Å². The maximum atomic E-state index is 5.32. The Morgan fingerprint density at radius 2 is 0.571 bits per heavy atom. The fraction of sp³-hybridized carbons (Fsp3) is 1.00. The third-order valence-corrected chi connectivity index (χ3v) is 2.01. The van der Waals surface area contributed by atoms with Crippen molar-refractivity contribution < 1.29 is 23.7 Å². The van der Waals surface area contributed by atoms with Crippen LogP contribution in [0.2, 0.25) is 0 Å². The highest BCUT2D eigenvalue weighted by molar-refractivity contribution is 4.36. The molecule has 0 saturated carbocycles. The summed E-state index contributed by atoms with van der Waals surface area (Å²) in [6.45, 7) is 6.76. The smallest absolute Gasteiger partial charge is 0.0701 e. The van der Waals surface area contributed by atoms with Crippen LogP contribution in [0.1, 0.15) is 0 Å². The van der Waals surface area contributed by atoms with Gasteiger partial charge >= 0.3 is 0 Å². The summed E-state index contributed by atoms with van der Waals surface area (Å²) < 4.78 is 26.2. The molecule has 9 heteroatoms. The van der Waals surface area contributed by atoms with Crippen molar-refractivity contribution in [1.29, 1.82) is 0 Å². The van der Waals surface area contributed by atoms with E-state index in [4.69, 9.17) is 35.2 Å². The first-order chi connectivity index (χ1) is 9.41. The van der Waals surface area contributed by atoms with Gasteiger partial charge in [-0.3, -0.25) is 0 Å². The molecule has 0 aliphatic rings. The Morgan fingerprint density at radius 3 is 0.762 bits per heavy atom. The molecule has 0 aromatic carbocycles. The normalized spacial score (nSPS) is 10.0. The molecule has 0 spiro atoms. The maximum Gasteiger partial charge on any atom is 0.0701 e. The van der Waals surface area contributed by atoms with Gasteiger partial charge in [-0.05, 0) is 0 Å². The molecule has 0 aromatic rings. The number of hydrogen-bond acceptors (Lipinski definition) is 9. The Balaban J connectivity index is -0.00000162. The molecule has 21 heavy (non-hydrogen) atoms. The summed E-state index contributed by atoms with van der Waals surface area (Å²) in [7, 11) is 0. The maximum absolute atomic E-state index is 5.32. The Kier molecular flexibility index (Phi) is 30.0. The Bertz CT molecular complexity index is 153. The van der Waals surface area contributed by atoms with Crippen LogP contribution in [-0.4, -0.2) is 79.2 Å². The molecule has 0 atom stereocenters. The lowest BCUT2D eigenvalue weighted by atomic mass is 10.6. The van der Waals surface area contributed by atoms with Gasteiger partial charge in [0.05, 0.1) is 66.1 Å². The molecular weight excluding hydrogens is 280 g/mol. The highest BCUT2D eigenvalue weighted by Crippen LogP contribution is 1.83. The molecule has 0 unspecified atom stereocenters. The van der Waals surface area contributed by atoms with Crippen LogP contribution in [0.4, 0.5) is 0 Å². The molecule has 0 amide bonds. The summed E-state index contributed by atoms with van der Waals surface area (Å²) in [5.74, 6) is 0. The first-order valence-corrected chi connectivity index (χ1v) is 6.70. The van der Waals surface area contributed by atoms with E-state index in [9.17, 15) is 0 Å². The summed E-state index contributed by atoms with van der Waals surface area (Å²) in [6, 6.07) is 0. The van der Waals surface area contributed by atoms with E-state index >= 15 is 0 Å². The predicted molar refractivity (Wildman–Crippen MR) is 82.2 cm³/mol. The Hall–Kier alpha value is -0.360. The Labute approximate surface area is 127 Å². The number of hydrogen-bond donors (Lipinski definition) is 4. The van der Waals surface area contributed by atoms with Crippen molar-refractivity contribution in [2.24, 2.45) is 11.5 Å². The average Bonchev–Trinajstić information content (AvgIpc) is 2.43. The van der Waals surface area contributed by atoms with Crippen LogP contribution in [0.15, 0.2) is 0 Å². The zero-order valence-electron chi connectivity index (χ0n) is 13.1. The molecule has 0 rings (SSSR count). The van der Waals surface area contributed by atoms with Crippen LogP contribution in [0.5, 0.6) is 0 Å². The van der Waals surface area contributed by atoms with Gasteiger partial charge in [0.2, 0.25) is 0 Å². The standard InChI is InChI=1S/C12H28N2O5.2H3N/c13-1-3-15-5-7-17-9-11-19-12-10-18-8-6-16-4-2-14;;/h1-14H2;2*1H3. The molecule has 0 aliphatic heterocycles. The number of nitrogens with two attached hydrogens (primary N) is 2. The lowest BCUT2D eigenvalue weighted by Crippen LogP contribution is -2.15. The van der Waals surface area contributed by atoms with Crippen molar-refractivity contribution in [2.75, 3.05) is 79.2 Å². The largest absolute Gasteiger partial charge is 0.378 e. The molecule has 0 bridgehead atoms. The van der Waals surface area contributed by atoms with E-state index in [2.05, 4.69) is 0 Å². The lowest BCUT2D eigenvalue weighted by molar-refractivity contribution is -0.00998. The van der Waals surface area contributed by atoms with Crippen LogP contribution in [-0.2, 0) is 23.7 Å². The molecular formula is C12H34N4O5. The molecule has 0 radical (unpaired) electrons. The third-order valence-electron chi connectivity index (χ3n) is 2.01. The van der Waals surface area contributed by atoms with Crippen molar-refractivity contribution in [3.05, 3.63) is 0 Å². The summed E-state index contributed by atoms with van der Waals surface area (Å²) in [5, 5.41) is 0. The van der Waals surface area contributed by atoms with E-state index < -0.39 is 0 Å². The van der Waals surface area contributed by atoms with E-state index in [0.29, 0.717) is 79.2 Å². The summed E-state index contributed by atoms with van der Waals surface area (Å²) in [5.41, 5.74) is 10.5. The minimum atomic E-state index is 0. The first-order valence-electron chi connectivity index (χ1n) is 6.70. The first kappa shape index (κ1) is 25.6. The summed E-state index contributed by atoms with van der Waals surface area (Å²) >= 11 is 0. The average molecular weight is 314 g/mol. The minimum Gasteiger partial charge on any atom is -0.378 e. The second-order valence-corrected chi connectivity index (χ2v) is 3.64. The monoisotopic (exact) mass is 314 g/mol.